The van der Waals surface area contributed by atoms with E-state index in [1.165, 1.54) is 18.0 Å². The SMILES string of the molecule is C=O.Oc1ccccc1.[S]=[W]. The molecule has 0 saturated carbocycles. The number of hydrogen-bond acceptors (Lipinski definition) is 3. The van der Waals surface area contributed by atoms with Crippen LogP contribution in [-0.4, -0.2) is 11.9 Å². The fourth-order valence-corrected chi connectivity index (χ4v) is 0.428. The third-order valence-electron chi connectivity index (χ3n) is 0.756. The van der Waals surface area contributed by atoms with Crippen molar-refractivity contribution in [2.75, 3.05) is 0 Å². The van der Waals surface area contributed by atoms with Gasteiger partial charge in [-0.15, -0.1) is 0 Å². The van der Waals surface area contributed by atoms with Crippen molar-refractivity contribution < 1.29 is 27.9 Å². The number of benzene rings is 1. The van der Waals surface area contributed by atoms with Crippen molar-refractivity contribution in [2.24, 2.45) is 0 Å². The molecule has 4 heteroatoms. The van der Waals surface area contributed by atoms with Crippen LogP contribution in [0.4, 0.5) is 0 Å². The number of carbonyl (C=O) groups is 1. The molecule has 0 aliphatic rings. The van der Waals surface area contributed by atoms with E-state index < -0.39 is 0 Å². The van der Waals surface area contributed by atoms with Crippen molar-refractivity contribution in [1.29, 1.82) is 0 Å². The first-order valence-corrected chi connectivity index (χ1v) is 6.52. The van der Waals surface area contributed by atoms with Gasteiger partial charge < -0.3 is 9.90 Å². The maximum atomic E-state index is 8.63. The topological polar surface area (TPSA) is 37.3 Å². The van der Waals surface area contributed by atoms with Crippen molar-refractivity contribution in [1.82, 2.24) is 0 Å². The van der Waals surface area contributed by atoms with Gasteiger partial charge in [0.1, 0.15) is 12.5 Å². The Labute approximate surface area is 80.6 Å². The molecule has 11 heavy (non-hydrogen) atoms. The fraction of sp³-hybridized carbons (Fsp3) is 0. The van der Waals surface area contributed by atoms with E-state index in [1.54, 1.807) is 24.3 Å². The third-order valence-corrected chi connectivity index (χ3v) is 0.756. The number of phenols is 1. The van der Waals surface area contributed by atoms with E-state index in [-0.39, 0.29) is 0 Å². The Morgan fingerprint density at radius 1 is 1.18 bits per heavy atom. The molecule has 0 saturated heterocycles. The molecule has 0 aliphatic carbocycles. The molecule has 0 heterocycles. The van der Waals surface area contributed by atoms with Crippen LogP contribution < -0.4 is 0 Å². The van der Waals surface area contributed by atoms with Gasteiger partial charge in [0.2, 0.25) is 0 Å². The molecule has 0 fully saturated rings. The zero-order chi connectivity index (χ0) is 9.11. The van der Waals surface area contributed by atoms with Crippen LogP contribution >= 0.6 is 9.82 Å². The van der Waals surface area contributed by atoms with E-state index in [4.69, 9.17) is 9.90 Å². The molecule has 0 aromatic heterocycles. The maximum absolute atomic E-state index is 8.63. The average Bonchev–Trinajstić information content (AvgIpc) is 2.13. The van der Waals surface area contributed by atoms with Crippen LogP contribution in [-0.2, 0) is 22.8 Å². The number of phenolic OH excluding ortho intramolecular Hbond substituents is 1. The molecule has 0 atom stereocenters. The Balaban J connectivity index is 0. The van der Waals surface area contributed by atoms with Crippen LogP contribution in [0.1, 0.15) is 0 Å². The molecule has 0 amide bonds. The second-order valence-electron chi connectivity index (χ2n) is 1.34. The van der Waals surface area contributed by atoms with E-state index in [0.717, 1.165) is 0 Å². The van der Waals surface area contributed by atoms with Crippen molar-refractivity contribution in [3.05, 3.63) is 30.3 Å². The quantitative estimate of drug-likeness (QED) is 0.783. The van der Waals surface area contributed by atoms with Gasteiger partial charge in [0.25, 0.3) is 0 Å². The van der Waals surface area contributed by atoms with E-state index >= 15 is 0 Å². The summed E-state index contributed by atoms with van der Waals surface area (Å²) in [6.45, 7) is 2.00. The van der Waals surface area contributed by atoms with E-state index in [1.807, 2.05) is 12.9 Å². The van der Waals surface area contributed by atoms with Gasteiger partial charge in [-0.3, -0.25) is 0 Å². The first kappa shape index (κ1) is 13.2. The van der Waals surface area contributed by atoms with Crippen LogP contribution in [0.15, 0.2) is 30.3 Å². The monoisotopic (exact) mass is 340 g/mol. The minimum absolute atomic E-state index is 0.322. The Morgan fingerprint density at radius 3 is 1.73 bits per heavy atom. The van der Waals surface area contributed by atoms with Gasteiger partial charge in [0.15, 0.2) is 0 Å². The standard InChI is InChI=1S/C6H6O.CH2O.S.W/c7-6-4-2-1-3-5-6;1-2;;/h1-5,7H;1H2;;. The van der Waals surface area contributed by atoms with Crippen molar-refractivity contribution >= 4 is 16.6 Å². The van der Waals surface area contributed by atoms with Gasteiger partial charge in [-0.2, -0.15) is 0 Å². The van der Waals surface area contributed by atoms with Gasteiger partial charge in [0.05, 0.1) is 0 Å². The summed E-state index contributed by atoms with van der Waals surface area (Å²) in [5.74, 6) is 0.322. The molecule has 0 radical (unpaired) electrons. The van der Waals surface area contributed by atoms with Crippen LogP contribution in [0.3, 0.4) is 0 Å². The summed E-state index contributed by atoms with van der Waals surface area (Å²) in [5.41, 5.74) is 0. The Morgan fingerprint density at radius 2 is 1.55 bits per heavy atom. The van der Waals surface area contributed by atoms with Crippen molar-refractivity contribution in [2.45, 2.75) is 0 Å². The summed E-state index contributed by atoms with van der Waals surface area (Å²) < 4.78 is 0. The number of hydrogen-bond donors (Lipinski definition) is 1. The van der Waals surface area contributed by atoms with Gasteiger partial charge >= 0.3 is 27.8 Å². The molecule has 1 rings (SSSR count). The second kappa shape index (κ2) is 12.3. The average molecular weight is 340 g/mol. The third kappa shape index (κ3) is 9.60. The normalized spacial score (nSPS) is 6.18. The molecule has 1 aromatic carbocycles. The van der Waals surface area contributed by atoms with Crippen LogP contribution in [0.25, 0.3) is 0 Å². The predicted molar refractivity (Wildman–Crippen MR) is 42.8 cm³/mol. The Bertz CT molecular complexity index is 167. The fourth-order valence-electron chi connectivity index (χ4n) is 0.428. The molecule has 0 spiro atoms. The zero-order valence-electron chi connectivity index (χ0n) is 5.77. The van der Waals surface area contributed by atoms with Gasteiger partial charge in [-0.25, -0.2) is 0 Å². The molecule has 1 N–H and O–H groups in total. The van der Waals surface area contributed by atoms with Crippen LogP contribution in [0.2, 0.25) is 0 Å². The van der Waals surface area contributed by atoms with Crippen LogP contribution in [0, 0.1) is 0 Å². The predicted octanol–water partition coefficient (Wildman–Crippen LogP) is 1.85. The molecule has 0 bridgehead atoms. The van der Waals surface area contributed by atoms with Gasteiger partial charge in [-0.05, 0) is 12.1 Å². The molecular formula is C7H8O2SW. The molecule has 60 valence electrons. The van der Waals surface area contributed by atoms with E-state index in [0.29, 0.717) is 5.75 Å². The van der Waals surface area contributed by atoms with E-state index in [9.17, 15) is 0 Å². The Hall–Kier alpha value is -0.402. The zero-order valence-corrected chi connectivity index (χ0v) is 9.52. The summed E-state index contributed by atoms with van der Waals surface area (Å²) in [5, 5.41) is 8.63. The minimum atomic E-state index is 0.322. The van der Waals surface area contributed by atoms with Gasteiger partial charge in [-0.1, -0.05) is 18.2 Å². The summed E-state index contributed by atoms with van der Waals surface area (Å²) >= 11 is 1.17. The summed E-state index contributed by atoms with van der Waals surface area (Å²) in [4.78, 5) is 8.00. The van der Waals surface area contributed by atoms with Gasteiger partial charge in [0, 0.05) is 0 Å². The van der Waals surface area contributed by atoms with E-state index in [2.05, 4.69) is 9.82 Å². The number of aromatic hydroxyl groups is 1. The molecule has 1 aromatic rings. The van der Waals surface area contributed by atoms with Crippen molar-refractivity contribution in [3.8, 4) is 5.75 Å². The number of rotatable bonds is 0. The summed E-state index contributed by atoms with van der Waals surface area (Å²) in [7, 11) is 4.17. The molecular weight excluding hydrogens is 332 g/mol. The molecule has 0 unspecified atom stereocenters. The number of para-hydroxylation sites is 1. The first-order valence-electron chi connectivity index (χ1n) is 2.59. The van der Waals surface area contributed by atoms with Crippen LogP contribution in [0.5, 0.6) is 5.75 Å². The second-order valence-corrected chi connectivity index (χ2v) is 1.34. The summed E-state index contributed by atoms with van der Waals surface area (Å²) in [6.07, 6.45) is 0. The first-order chi connectivity index (χ1) is 5.39. The van der Waals surface area contributed by atoms with Crippen molar-refractivity contribution in [3.63, 3.8) is 0 Å². The number of carbonyl (C=O) groups excluding carboxylic acids is 1. The Kier molecular flexibility index (Phi) is 14.8. The molecule has 0 aliphatic heterocycles. The summed E-state index contributed by atoms with van der Waals surface area (Å²) in [6, 6.07) is 8.71. The molecule has 2 nitrogen and oxygen atoms in total.